The molecular formula is C16H25N3O3S. The highest BCUT2D eigenvalue weighted by molar-refractivity contribution is 7.89. The van der Waals surface area contributed by atoms with Crippen molar-refractivity contribution in [2.24, 2.45) is 11.7 Å². The van der Waals surface area contributed by atoms with Gasteiger partial charge < -0.3 is 11.1 Å². The highest BCUT2D eigenvalue weighted by atomic mass is 32.2. The second kappa shape index (κ2) is 7.42. The maximum absolute atomic E-state index is 12.6. The van der Waals surface area contributed by atoms with Crippen LogP contribution in [0.1, 0.15) is 32.3 Å². The Morgan fingerprint density at radius 1 is 1.39 bits per heavy atom. The fourth-order valence-electron chi connectivity index (χ4n) is 2.64. The molecule has 3 N–H and O–H groups in total. The number of nitrogens with zero attached hydrogens (tertiary/aromatic N) is 1. The van der Waals surface area contributed by atoms with E-state index in [-0.39, 0.29) is 5.91 Å². The van der Waals surface area contributed by atoms with E-state index < -0.39 is 16.1 Å². The Morgan fingerprint density at radius 2 is 2.04 bits per heavy atom. The number of benzene rings is 1. The summed E-state index contributed by atoms with van der Waals surface area (Å²) >= 11 is 0. The van der Waals surface area contributed by atoms with E-state index in [0.717, 1.165) is 18.4 Å². The third-order valence-electron chi connectivity index (χ3n) is 4.06. The Morgan fingerprint density at radius 3 is 2.61 bits per heavy atom. The number of rotatable bonds is 5. The Hall–Kier alpha value is -1.44. The van der Waals surface area contributed by atoms with Gasteiger partial charge in [0.1, 0.15) is 0 Å². The van der Waals surface area contributed by atoms with E-state index in [9.17, 15) is 13.2 Å². The largest absolute Gasteiger partial charge is 0.351 e. The van der Waals surface area contributed by atoms with E-state index >= 15 is 0 Å². The van der Waals surface area contributed by atoms with Gasteiger partial charge in [-0.25, -0.2) is 8.42 Å². The van der Waals surface area contributed by atoms with Crippen LogP contribution in [0.2, 0.25) is 0 Å². The van der Waals surface area contributed by atoms with Gasteiger partial charge in [-0.3, -0.25) is 4.79 Å². The van der Waals surface area contributed by atoms with Gasteiger partial charge in [0, 0.05) is 19.6 Å². The van der Waals surface area contributed by atoms with Crippen LogP contribution in [0.4, 0.5) is 0 Å². The van der Waals surface area contributed by atoms with E-state index in [1.807, 2.05) is 0 Å². The van der Waals surface area contributed by atoms with Gasteiger partial charge in [0.15, 0.2) is 0 Å². The van der Waals surface area contributed by atoms with Gasteiger partial charge >= 0.3 is 0 Å². The Balaban J connectivity index is 2.05. The smallest absolute Gasteiger partial charge is 0.243 e. The van der Waals surface area contributed by atoms with Gasteiger partial charge in [-0.05, 0) is 43.4 Å². The zero-order chi connectivity index (χ0) is 17.0. The highest BCUT2D eigenvalue weighted by Crippen LogP contribution is 2.23. The van der Waals surface area contributed by atoms with Crippen molar-refractivity contribution in [1.29, 1.82) is 0 Å². The Bertz CT molecular complexity index is 641. The van der Waals surface area contributed by atoms with Crippen LogP contribution in [0.15, 0.2) is 29.2 Å². The molecule has 1 unspecified atom stereocenters. The molecule has 0 aliphatic carbocycles. The standard InChI is InChI=1S/C16H25N3O3S/c1-12-4-3-9-19(11-12)23(21,22)15-7-5-14(6-8-15)10-18-16(20)13(2)17/h5-8,12-13H,3-4,9-11,17H2,1-2H3,(H,18,20)/t12?,13-/m1/s1. The van der Waals surface area contributed by atoms with Crippen LogP contribution >= 0.6 is 0 Å². The van der Waals surface area contributed by atoms with Crippen LogP contribution in [-0.4, -0.2) is 37.8 Å². The van der Waals surface area contributed by atoms with Gasteiger partial charge in [-0.1, -0.05) is 19.1 Å². The lowest BCUT2D eigenvalue weighted by molar-refractivity contribution is -0.122. The van der Waals surface area contributed by atoms with Crippen molar-refractivity contribution in [3.8, 4) is 0 Å². The summed E-state index contributed by atoms with van der Waals surface area (Å²) in [6.07, 6.45) is 1.98. The summed E-state index contributed by atoms with van der Waals surface area (Å²) in [5, 5.41) is 2.70. The first-order chi connectivity index (χ1) is 10.8. The lowest BCUT2D eigenvalue weighted by Crippen LogP contribution is -2.39. The summed E-state index contributed by atoms with van der Waals surface area (Å²) in [7, 11) is -3.43. The van der Waals surface area contributed by atoms with E-state index in [0.29, 0.717) is 30.4 Å². The molecule has 1 heterocycles. The van der Waals surface area contributed by atoms with E-state index in [4.69, 9.17) is 5.73 Å². The molecule has 1 aromatic carbocycles. The number of nitrogens with two attached hydrogens (primary N) is 1. The molecule has 7 heteroatoms. The molecule has 0 bridgehead atoms. The molecule has 1 amide bonds. The second-order valence-corrected chi connectivity index (χ2v) is 8.20. The number of nitrogens with one attached hydrogen (secondary N) is 1. The molecule has 0 aromatic heterocycles. The molecule has 23 heavy (non-hydrogen) atoms. The molecule has 0 saturated carbocycles. The topological polar surface area (TPSA) is 92.5 Å². The summed E-state index contributed by atoms with van der Waals surface area (Å²) in [5.74, 6) is 0.162. The minimum absolute atomic E-state index is 0.232. The summed E-state index contributed by atoms with van der Waals surface area (Å²) in [6.45, 7) is 5.19. The van der Waals surface area contributed by atoms with E-state index in [2.05, 4.69) is 12.2 Å². The third-order valence-corrected chi connectivity index (χ3v) is 5.94. The molecule has 2 atom stereocenters. The molecule has 0 radical (unpaired) electrons. The Labute approximate surface area is 138 Å². The van der Waals surface area contributed by atoms with Crippen LogP contribution in [0.5, 0.6) is 0 Å². The quantitative estimate of drug-likeness (QED) is 0.839. The third kappa shape index (κ3) is 4.53. The fourth-order valence-corrected chi connectivity index (χ4v) is 4.24. The van der Waals surface area contributed by atoms with Crippen molar-refractivity contribution >= 4 is 15.9 Å². The zero-order valence-electron chi connectivity index (χ0n) is 13.7. The number of piperidine rings is 1. The van der Waals surface area contributed by atoms with Gasteiger partial charge in [0.25, 0.3) is 0 Å². The van der Waals surface area contributed by atoms with Crippen LogP contribution in [-0.2, 0) is 21.4 Å². The number of carbonyl (C=O) groups is 1. The number of carbonyl (C=O) groups excluding carboxylic acids is 1. The van der Waals surface area contributed by atoms with Crippen molar-refractivity contribution in [2.75, 3.05) is 13.1 Å². The van der Waals surface area contributed by atoms with Crippen LogP contribution in [0.25, 0.3) is 0 Å². The zero-order valence-corrected chi connectivity index (χ0v) is 14.5. The van der Waals surface area contributed by atoms with Crippen LogP contribution in [0, 0.1) is 5.92 Å². The van der Waals surface area contributed by atoms with Gasteiger partial charge in [0.2, 0.25) is 15.9 Å². The number of hydrogen-bond acceptors (Lipinski definition) is 4. The summed E-state index contributed by atoms with van der Waals surface area (Å²) in [6, 6.07) is 6.09. The van der Waals surface area contributed by atoms with E-state index in [1.54, 1.807) is 35.5 Å². The molecule has 1 aliphatic rings. The fraction of sp³-hybridized carbons (Fsp3) is 0.562. The lowest BCUT2D eigenvalue weighted by atomic mass is 10.0. The summed E-state index contributed by atoms with van der Waals surface area (Å²) in [4.78, 5) is 11.7. The first-order valence-electron chi connectivity index (χ1n) is 7.93. The Kier molecular flexibility index (Phi) is 5.78. The number of amides is 1. The number of hydrogen-bond donors (Lipinski definition) is 2. The highest BCUT2D eigenvalue weighted by Gasteiger charge is 2.28. The number of sulfonamides is 1. The average Bonchev–Trinajstić information content (AvgIpc) is 2.53. The molecule has 2 rings (SSSR count). The monoisotopic (exact) mass is 339 g/mol. The van der Waals surface area contributed by atoms with Crippen molar-refractivity contribution < 1.29 is 13.2 Å². The van der Waals surface area contributed by atoms with Gasteiger partial charge in [-0.15, -0.1) is 0 Å². The summed E-state index contributed by atoms with van der Waals surface area (Å²) < 4.78 is 26.8. The molecule has 6 nitrogen and oxygen atoms in total. The first kappa shape index (κ1) is 17.9. The molecule has 1 aliphatic heterocycles. The van der Waals surface area contributed by atoms with Crippen molar-refractivity contribution in [2.45, 2.75) is 44.2 Å². The van der Waals surface area contributed by atoms with Gasteiger partial charge in [-0.2, -0.15) is 4.31 Å². The summed E-state index contributed by atoms with van der Waals surface area (Å²) in [5.41, 5.74) is 6.32. The lowest BCUT2D eigenvalue weighted by Gasteiger charge is -2.30. The molecular weight excluding hydrogens is 314 g/mol. The molecule has 1 fully saturated rings. The normalized spacial score (nSPS) is 20.9. The van der Waals surface area contributed by atoms with Crippen LogP contribution in [0.3, 0.4) is 0 Å². The molecule has 1 saturated heterocycles. The van der Waals surface area contributed by atoms with Crippen molar-refractivity contribution in [3.05, 3.63) is 29.8 Å². The minimum Gasteiger partial charge on any atom is -0.351 e. The predicted octanol–water partition coefficient (Wildman–Crippen LogP) is 1.07. The van der Waals surface area contributed by atoms with Gasteiger partial charge in [0.05, 0.1) is 10.9 Å². The van der Waals surface area contributed by atoms with E-state index in [1.165, 1.54) is 0 Å². The molecule has 0 spiro atoms. The second-order valence-electron chi connectivity index (χ2n) is 6.26. The van der Waals surface area contributed by atoms with Crippen LogP contribution < -0.4 is 11.1 Å². The van der Waals surface area contributed by atoms with Crippen molar-refractivity contribution in [3.63, 3.8) is 0 Å². The molecule has 1 aromatic rings. The SMILES string of the molecule is CC1CCCN(S(=O)(=O)c2ccc(CNC(=O)[C@@H](C)N)cc2)C1. The average molecular weight is 339 g/mol. The first-order valence-corrected chi connectivity index (χ1v) is 9.37. The van der Waals surface area contributed by atoms with Crippen molar-refractivity contribution in [1.82, 2.24) is 9.62 Å². The predicted molar refractivity (Wildman–Crippen MR) is 89.1 cm³/mol. The maximum Gasteiger partial charge on any atom is 0.243 e. The minimum atomic E-state index is -3.43. The maximum atomic E-state index is 12.6. The molecule has 128 valence electrons.